The van der Waals surface area contributed by atoms with Gasteiger partial charge < -0.3 is 14.1 Å². The molecule has 3 aromatic rings. The van der Waals surface area contributed by atoms with Crippen LogP contribution in [0.1, 0.15) is 21.7 Å². The number of fused-ring (bicyclic) bond motifs is 1. The van der Waals surface area contributed by atoms with E-state index in [4.69, 9.17) is 9.15 Å². The molecule has 152 valence electrons. The molecular formula is C22H23NO5S. The van der Waals surface area contributed by atoms with E-state index in [1.165, 1.54) is 0 Å². The molecule has 0 spiro atoms. The SMILES string of the molecule is C=CCN(Cc1ccc(OC)cc1)C(=O)c1oc2ccccc2c1CS(C)(=O)=O. The summed E-state index contributed by atoms with van der Waals surface area (Å²) in [4.78, 5) is 14.9. The second-order valence-electron chi connectivity index (χ2n) is 6.80. The first-order chi connectivity index (χ1) is 13.8. The number of rotatable bonds is 8. The van der Waals surface area contributed by atoms with Crippen molar-refractivity contribution in [2.45, 2.75) is 12.3 Å². The fourth-order valence-electron chi connectivity index (χ4n) is 3.15. The average Bonchev–Trinajstić information content (AvgIpc) is 3.04. The molecule has 1 aromatic heterocycles. The summed E-state index contributed by atoms with van der Waals surface area (Å²) in [5.74, 6) is 0.126. The quantitative estimate of drug-likeness (QED) is 0.525. The first-order valence-corrected chi connectivity index (χ1v) is 11.1. The molecule has 0 radical (unpaired) electrons. The molecule has 0 aliphatic carbocycles. The standard InChI is InChI=1S/C22H23NO5S/c1-4-13-23(14-16-9-11-17(27-2)12-10-16)22(24)21-19(15-29(3,25)26)18-7-5-6-8-20(18)28-21/h4-12H,1,13-15H2,2-3H3. The van der Waals surface area contributed by atoms with Crippen LogP contribution < -0.4 is 4.74 Å². The molecule has 0 N–H and O–H groups in total. The molecule has 0 saturated carbocycles. The zero-order valence-electron chi connectivity index (χ0n) is 16.4. The van der Waals surface area contributed by atoms with Crippen LogP contribution in [0.4, 0.5) is 0 Å². The van der Waals surface area contributed by atoms with Gasteiger partial charge in [-0.3, -0.25) is 4.79 Å². The van der Waals surface area contributed by atoms with Gasteiger partial charge in [-0.1, -0.05) is 36.4 Å². The van der Waals surface area contributed by atoms with Crippen LogP contribution >= 0.6 is 0 Å². The molecule has 0 fully saturated rings. The van der Waals surface area contributed by atoms with Crippen molar-refractivity contribution < 1.29 is 22.4 Å². The lowest BCUT2D eigenvalue weighted by Crippen LogP contribution is -2.31. The fourth-order valence-corrected chi connectivity index (χ4v) is 3.96. The van der Waals surface area contributed by atoms with Gasteiger partial charge in [0, 0.05) is 30.3 Å². The van der Waals surface area contributed by atoms with Crippen LogP contribution in [0.3, 0.4) is 0 Å². The summed E-state index contributed by atoms with van der Waals surface area (Å²) in [5.41, 5.74) is 1.77. The number of sulfone groups is 1. The average molecular weight is 413 g/mol. The summed E-state index contributed by atoms with van der Waals surface area (Å²) in [6.07, 6.45) is 2.77. The van der Waals surface area contributed by atoms with Crippen molar-refractivity contribution in [1.29, 1.82) is 0 Å². The van der Waals surface area contributed by atoms with Crippen LogP contribution in [0.5, 0.6) is 5.75 Å². The fraction of sp³-hybridized carbons (Fsp3) is 0.227. The van der Waals surface area contributed by atoms with Crippen molar-refractivity contribution in [3.63, 3.8) is 0 Å². The Labute approximate surface area is 170 Å². The number of amides is 1. The van der Waals surface area contributed by atoms with E-state index in [2.05, 4.69) is 6.58 Å². The third-order valence-electron chi connectivity index (χ3n) is 4.47. The first kappa shape index (κ1) is 20.7. The third-order valence-corrected chi connectivity index (χ3v) is 5.28. The number of carbonyl (C=O) groups excluding carboxylic acids is 1. The minimum absolute atomic E-state index is 0.0481. The molecule has 0 atom stereocenters. The maximum atomic E-state index is 13.3. The second kappa shape index (κ2) is 8.53. The molecule has 29 heavy (non-hydrogen) atoms. The lowest BCUT2D eigenvalue weighted by Gasteiger charge is -2.21. The molecule has 1 heterocycles. The highest BCUT2D eigenvalue weighted by Crippen LogP contribution is 2.29. The summed E-state index contributed by atoms with van der Waals surface area (Å²) in [5, 5.41) is 0.629. The predicted molar refractivity (Wildman–Crippen MR) is 113 cm³/mol. The number of hydrogen-bond acceptors (Lipinski definition) is 5. The van der Waals surface area contributed by atoms with Crippen molar-refractivity contribution >= 4 is 26.7 Å². The van der Waals surface area contributed by atoms with Gasteiger partial charge in [-0.05, 0) is 23.8 Å². The number of benzene rings is 2. The molecule has 0 saturated heterocycles. The molecule has 7 heteroatoms. The minimum Gasteiger partial charge on any atom is -0.497 e. The number of nitrogens with zero attached hydrogens (tertiary/aromatic N) is 1. The predicted octanol–water partition coefficient (Wildman–Crippen LogP) is 3.81. The molecule has 0 bridgehead atoms. The lowest BCUT2D eigenvalue weighted by atomic mass is 10.1. The van der Waals surface area contributed by atoms with Gasteiger partial charge in [0.2, 0.25) is 0 Å². The van der Waals surface area contributed by atoms with E-state index in [1.54, 1.807) is 42.4 Å². The first-order valence-electron chi connectivity index (χ1n) is 9.03. The number of methoxy groups -OCH3 is 1. The highest BCUT2D eigenvalue weighted by atomic mass is 32.2. The topological polar surface area (TPSA) is 76.8 Å². The molecule has 6 nitrogen and oxygen atoms in total. The Kier molecular flexibility index (Phi) is 6.08. The van der Waals surface area contributed by atoms with Gasteiger partial charge in [0.25, 0.3) is 5.91 Å². The van der Waals surface area contributed by atoms with Crippen LogP contribution in [-0.2, 0) is 22.1 Å². The zero-order valence-corrected chi connectivity index (χ0v) is 17.2. The van der Waals surface area contributed by atoms with Gasteiger partial charge >= 0.3 is 0 Å². The maximum absolute atomic E-state index is 13.3. The van der Waals surface area contributed by atoms with Crippen LogP contribution in [0, 0.1) is 0 Å². The summed E-state index contributed by atoms with van der Waals surface area (Å²) in [6, 6.07) is 14.4. The lowest BCUT2D eigenvalue weighted by molar-refractivity contribution is 0.0732. The van der Waals surface area contributed by atoms with Crippen LogP contribution in [0.25, 0.3) is 11.0 Å². The van der Waals surface area contributed by atoms with E-state index < -0.39 is 9.84 Å². The van der Waals surface area contributed by atoms with Crippen molar-refractivity contribution in [2.24, 2.45) is 0 Å². The van der Waals surface area contributed by atoms with Crippen molar-refractivity contribution in [2.75, 3.05) is 19.9 Å². The molecule has 2 aromatic carbocycles. The van der Waals surface area contributed by atoms with Crippen molar-refractivity contribution in [1.82, 2.24) is 4.90 Å². The maximum Gasteiger partial charge on any atom is 0.290 e. The van der Waals surface area contributed by atoms with Gasteiger partial charge in [0.1, 0.15) is 11.3 Å². The smallest absolute Gasteiger partial charge is 0.290 e. The van der Waals surface area contributed by atoms with E-state index in [0.717, 1.165) is 17.6 Å². The largest absolute Gasteiger partial charge is 0.497 e. The summed E-state index contributed by atoms with van der Waals surface area (Å²) in [7, 11) is -1.77. The van der Waals surface area contributed by atoms with E-state index >= 15 is 0 Å². The number of para-hydroxylation sites is 1. The Balaban J connectivity index is 1.99. The Morgan fingerprint density at radius 3 is 2.48 bits per heavy atom. The minimum atomic E-state index is -3.36. The third kappa shape index (κ3) is 4.86. The monoisotopic (exact) mass is 413 g/mol. The van der Waals surface area contributed by atoms with E-state index in [9.17, 15) is 13.2 Å². The second-order valence-corrected chi connectivity index (χ2v) is 8.94. The molecule has 3 rings (SSSR count). The van der Waals surface area contributed by atoms with Gasteiger partial charge in [-0.25, -0.2) is 8.42 Å². The van der Waals surface area contributed by atoms with E-state index in [-0.39, 0.29) is 17.4 Å². The normalized spacial score (nSPS) is 11.4. The highest BCUT2D eigenvalue weighted by Gasteiger charge is 2.26. The highest BCUT2D eigenvalue weighted by molar-refractivity contribution is 7.89. The van der Waals surface area contributed by atoms with Gasteiger partial charge in [0.15, 0.2) is 15.6 Å². The Hall–Kier alpha value is -3.06. The molecular weight excluding hydrogens is 390 g/mol. The summed E-state index contributed by atoms with van der Waals surface area (Å²) < 4.78 is 34.9. The number of hydrogen-bond donors (Lipinski definition) is 0. The van der Waals surface area contributed by atoms with Crippen LogP contribution in [0.2, 0.25) is 0 Å². The Morgan fingerprint density at radius 2 is 1.86 bits per heavy atom. The Morgan fingerprint density at radius 1 is 1.17 bits per heavy atom. The molecule has 0 aliphatic rings. The van der Waals surface area contributed by atoms with E-state index in [1.807, 2.05) is 24.3 Å². The van der Waals surface area contributed by atoms with Gasteiger partial charge in [0.05, 0.1) is 12.9 Å². The molecule has 1 amide bonds. The molecule has 0 unspecified atom stereocenters. The number of ether oxygens (including phenoxy) is 1. The molecule has 0 aliphatic heterocycles. The summed E-state index contributed by atoms with van der Waals surface area (Å²) >= 11 is 0. The number of furan rings is 1. The van der Waals surface area contributed by atoms with Crippen molar-refractivity contribution in [3.05, 3.63) is 78.1 Å². The van der Waals surface area contributed by atoms with E-state index in [0.29, 0.717) is 29.6 Å². The van der Waals surface area contributed by atoms with Crippen molar-refractivity contribution in [3.8, 4) is 5.75 Å². The van der Waals surface area contributed by atoms with Crippen LogP contribution in [-0.4, -0.2) is 39.1 Å². The van der Waals surface area contributed by atoms with Gasteiger partial charge in [-0.15, -0.1) is 6.58 Å². The van der Waals surface area contributed by atoms with Gasteiger partial charge in [-0.2, -0.15) is 0 Å². The zero-order chi connectivity index (χ0) is 21.0. The van der Waals surface area contributed by atoms with Crippen LogP contribution in [0.15, 0.2) is 65.6 Å². The number of carbonyl (C=O) groups is 1. The Bertz CT molecular complexity index is 1130. The summed E-state index contributed by atoms with van der Waals surface area (Å²) in [6.45, 7) is 4.35.